The highest BCUT2D eigenvalue weighted by Gasteiger charge is 2.28. The molecule has 1 aliphatic heterocycles. The molecule has 0 bridgehead atoms. The normalized spacial score (nSPS) is 19.0. The molecule has 2 aromatic rings. The molecule has 0 amide bonds. The third-order valence-corrected chi connectivity index (χ3v) is 4.92. The molecular formula is C21H27Cl2F3N2O. The summed E-state index contributed by atoms with van der Waals surface area (Å²) in [5, 5.41) is 7.08. The van der Waals surface area contributed by atoms with Crippen molar-refractivity contribution in [1.29, 1.82) is 0 Å². The van der Waals surface area contributed by atoms with E-state index < -0.39 is 12.6 Å². The second-order valence-corrected chi connectivity index (χ2v) is 6.91. The average Bonchev–Trinajstić information content (AvgIpc) is 2.66. The summed E-state index contributed by atoms with van der Waals surface area (Å²) in [6.07, 6.45) is -3.07. The standard InChI is InChI=1S/C21H25F3N2O.2ClH/c1-27-19-10-9-15(13-21(22,23)24)12-17(19)14-26-18-8-5-11-25-20(18)16-6-3-2-4-7-16;;/h2-4,6-7,9-10,12,18,20,25-26H,5,8,11,13-14H2,1H3;2*1H/t18-,20-;;/m0../s1. The molecule has 0 spiro atoms. The smallest absolute Gasteiger partial charge is 0.393 e. The minimum atomic E-state index is -4.22. The Bertz CT molecular complexity index is 744. The van der Waals surface area contributed by atoms with Crippen LogP contribution in [0.2, 0.25) is 0 Å². The van der Waals surface area contributed by atoms with Crippen molar-refractivity contribution in [3.63, 3.8) is 0 Å². The van der Waals surface area contributed by atoms with Crippen LogP contribution < -0.4 is 15.4 Å². The predicted molar refractivity (Wildman–Crippen MR) is 114 cm³/mol. The topological polar surface area (TPSA) is 33.3 Å². The third kappa shape index (κ3) is 7.37. The number of nitrogens with one attached hydrogen (secondary N) is 2. The van der Waals surface area contributed by atoms with Gasteiger partial charge >= 0.3 is 6.18 Å². The number of benzene rings is 2. The first-order valence-electron chi connectivity index (χ1n) is 9.20. The van der Waals surface area contributed by atoms with Crippen LogP contribution in [0.3, 0.4) is 0 Å². The molecule has 3 nitrogen and oxygen atoms in total. The zero-order chi connectivity index (χ0) is 19.3. The van der Waals surface area contributed by atoms with Gasteiger partial charge in [0.15, 0.2) is 0 Å². The number of ether oxygens (including phenoxy) is 1. The summed E-state index contributed by atoms with van der Waals surface area (Å²) in [5.74, 6) is 0.605. The second-order valence-electron chi connectivity index (χ2n) is 6.91. The molecule has 1 saturated heterocycles. The van der Waals surface area contributed by atoms with Gasteiger partial charge in [0.1, 0.15) is 5.75 Å². The van der Waals surface area contributed by atoms with E-state index in [0.29, 0.717) is 12.3 Å². The molecule has 29 heavy (non-hydrogen) atoms. The lowest BCUT2D eigenvalue weighted by atomic mass is 9.92. The van der Waals surface area contributed by atoms with Crippen LogP contribution in [0.4, 0.5) is 13.2 Å². The highest BCUT2D eigenvalue weighted by Crippen LogP contribution is 2.27. The summed E-state index contributed by atoms with van der Waals surface area (Å²) in [6, 6.07) is 15.3. The van der Waals surface area contributed by atoms with Gasteiger partial charge in [-0.15, -0.1) is 24.8 Å². The van der Waals surface area contributed by atoms with Crippen molar-refractivity contribution in [1.82, 2.24) is 10.6 Å². The molecule has 1 heterocycles. The van der Waals surface area contributed by atoms with E-state index in [0.717, 1.165) is 24.9 Å². The number of alkyl halides is 3. The Balaban J connectivity index is 0.00000210. The maximum Gasteiger partial charge on any atom is 0.393 e. The van der Waals surface area contributed by atoms with Gasteiger partial charge in [-0.05, 0) is 36.6 Å². The summed E-state index contributed by atoms with van der Waals surface area (Å²) in [6.45, 7) is 1.42. The van der Waals surface area contributed by atoms with Crippen LogP contribution in [0.5, 0.6) is 5.75 Å². The molecular weight excluding hydrogens is 424 g/mol. The van der Waals surface area contributed by atoms with Gasteiger partial charge in [-0.2, -0.15) is 13.2 Å². The molecule has 0 saturated carbocycles. The van der Waals surface area contributed by atoms with E-state index in [2.05, 4.69) is 22.8 Å². The van der Waals surface area contributed by atoms with Crippen molar-refractivity contribution in [3.05, 3.63) is 65.2 Å². The summed E-state index contributed by atoms with van der Waals surface area (Å²) >= 11 is 0. The Morgan fingerprint density at radius 1 is 1.10 bits per heavy atom. The van der Waals surface area contributed by atoms with Crippen LogP contribution in [-0.4, -0.2) is 25.9 Å². The fourth-order valence-electron chi connectivity index (χ4n) is 3.67. The van der Waals surface area contributed by atoms with Gasteiger partial charge in [0.25, 0.3) is 0 Å². The van der Waals surface area contributed by atoms with Gasteiger partial charge in [0.05, 0.1) is 13.5 Å². The van der Waals surface area contributed by atoms with Crippen molar-refractivity contribution < 1.29 is 17.9 Å². The second kappa shape index (κ2) is 11.6. The lowest BCUT2D eigenvalue weighted by molar-refractivity contribution is -0.127. The van der Waals surface area contributed by atoms with Crippen LogP contribution in [0, 0.1) is 0 Å². The van der Waals surface area contributed by atoms with E-state index in [1.54, 1.807) is 12.1 Å². The largest absolute Gasteiger partial charge is 0.496 e. The van der Waals surface area contributed by atoms with Gasteiger partial charge in [-0.1, -0.05) is 42.5 Å². The van der Waals surface area contributed by atoms with E-state index >= 15 is 0 Å². The van der Waals surface area contributed by atoms with Gasteiger partial charge in [0.2, 0.25) is 0 Å². The molecule has 0 aliphatic carbocycles. The minimum Gasteiger partial charge on any atom is -0.496 e. The van der Waals surface area contributed by atoms with Crippen molar-refractivity contribution in [2.24, 2.45) is 0 Å². The number of piperidine rings is 1. The Hall–Kier alpha value is -1.47. The molecule has 0 aromatic heterocycles. The first-order valence-corrected chi connectivity index (χ1v) is 9.20. The predicted octanol–water partition coefficient (Wildman–Crippen LogP) is 5.23. The quantitative estimate of drug-likeness (QED) is 0.632. The van der Waals surface area contributed by atoms with Crippen molar-refractivity contribution >= 4 is 24.8 Å². The minimum absolute atomic E-state index is 0. The average molecular weight is 451 g/mol. The summed E-state index contributed by atoms with van der Waals surface area (Å²) < 4.78 is 43.5. The number of methoxy groups -OCH3 is 1. The highest BCUT2D eigenvalue weighted by molar-refractivity contribution is 5.85. The van der Waals surface area contributed by atoms with Crippen molar-refractivity contribution in [2.75, 3.05) is 13.7 Å². The van der Waals surface area contributed by atoms with Gasteiger partial charge in [-0.25, -0.2) is 0 Å². The van der Waals surface area contributed by atoms with Crippen LogP contribution >= 0.6 is 24.8 Å². The molecule has 2 N–H and O–H groups in total. The summed E-state index contributed by atoms with van der Waals surface area (Å²) in [5.41, 5.74) is 2.21. The Morgan fingerprint density at radius 3 is 2.48 bits per heavy atom. The van der Waals surface area contributed by atoms with Crippen LogP contribution in [-0.2, 0) is 13.0 Å². The molecule has 1 aliphatic rings. The first-order chi connectivity index (χ1) is 13.0. The van der Waals surface area contributed by atoms with Gasteiger partial charge < -0.3 is 15.4 Å². The van der Waals surface area contributed by atoms with E-state index in [1.165, 1.54) is 18.7 Å². The molecule has 1 fully saturated rings. The lowest BCUT2D eigenvalue weighted by Crippen LogP contribution is -2.45. The highest BCUT2D eigenvalue weighted by atomic mass is 35.5. The number of hydrogen-bond acceptors (Lipinski definition) is 3. The molecule has 0 radical (unpaired) electrons. The summed E-state index contributed by atoms with van der Waals surface area (Å²) in [7, 11) is 1.54. The molecule has 2 atom stereocenters. The Kier molecular flexibility index (Phi) is 10.3. The first kappa shape index (κ1) is 25.6. The maximum absolute atomic E-state index is 12.7. The fraction of sp³-hybridized carbons (Fsp3) is 0.429. The van der Waals surface area contributed by atoms with Crippen LogP contribution in [0.25, 0.3) is 0 Å². The Morgan fingerprint density at radius 2 is 1.83 bits per heavy atom. The fourth-order valence-corrected chi connectivity index (χ4v) is 3.67. The van der Waals surface area contributed by atoms with Crippen molar-refractivity contribution in [2.45, 2.75) is 44.1 Å². The third-order valence-electron chi connectivity index (χ3n) is 4.92. The van der Waals surface area contributed by atoms with Gasteiger partial charge in [0, 0.05) is 24.2 Å². The number of halogens is 5. The number of rotatable bonds is 6. The van der Waals surface area contributed by atoms with Crippen LogP contribution in [0.1, 0.15) is 35.6 Å². The zero-order valence-electron chi connectivity index (χ0n) is 16.2. The molecule has 162 valence electrons. The van der Waals surface area contributed by atoms with E-state index in [-0.39, 0.29) is 42.5 Å². The molecule has 0 unspecified atom stereocenters. The molecule has 3 rings (SSSR count). The Labute approximate surface area is 182 Å². The lowest BCUT2D eigenvalue weighted by Gasteiger charge is -2.34. The van der Waals surface area contributed by atoms with Gasteiger partial charge in [-0.3, -0.25) is 0 Å². The SMILES string of the molecule is COc1ccc(CC(F)(F)F)cc1CN[C@H]1CCCN[C@H]1c1ccccc1.Cl.Cl. The molecule has 2 aromatic carbocycles. The van der Waals surface area contributed by atoms with E-state index in [4.69, 9.17) is 4.74 Å². The summed E-state index contributed by atoms with van der Waals surface area (Å²) in [4.78, 5) is 0. The van der Waals surface area contributed by atoms with E-state index in [1.807, 2.05) is 18.2 Å². The molecule has 8 heteroatoms. The number of hydrogen-bond donors (Lipinski definition) is 2. The monoisotopic (exact) mass is 450 g/mol. The van der Waals surface area contributed by atoms with Crippen molar-refractivity contribution in [3.8, 4) is 5.75 Å². The maximum atomic E-state index is 12.7. The zero-order valence-corrected chi connectivity index (χ0v) is 17.8. The van der Waals surface area contributed by atoms with E-state index in [9.17, 15) is 13.2 Å². The van der Waals surface area contributed by atoms with Crippen LogP contribution in [0.15, 0.2) is 48.5 Å².